The van der Waals surface area contributed by atoms with Gasteiger partial charge in [0.15, 0.2) is 0 Å². The Bertz CT molecular complexity index is 1240. The molecule has 0 aromatic carbocycles. The Balaban J connectivity index is 1.21. The van der Waals surface area contributed by atoms with Gasteiger partial charge >= 0.3 is 0 Å². The van der Waals surface area contributed by atoms with Crippen molar-refractivity contribution in [2.24, 2.45) is 0 Å². The van der Waals surface area contributed by atoms with E-state index in [0.29, 0.717) is 55.4 Å². The highest BCUT2D eigenvalue weighted by atomic mass is 32.1. The standard InChI is InChI=1S/C23H27N5O3S2/c1-14-15(2)33-21-19(14)20(29)24-18(25-21)13-26-8-10-27(11-9-26)22(30)16-5-3-7-28(16)23(31)17-6-4-12-32-17/h4,6,12,16H,3,5,7-11,13H2,1-2H3,(H,24,25,29). The Kier molecular flexibility index (Phi) is 6.07. The second-order valence-electron chi connectivity index (χ2n) is 8.71. The van der Waals surface area contributed by atoms with Gasteiger partial charge in [-0.15, -0.1) is 22.7 Å². The summed E-state index contributed by atoms with van der Waals surface area (Å²) in [6.07, 6.45) is 1.58. The lowest BCUT2D eigenvalue weighted by atomic mass is 10.1. The van der Waals surface area contributed by atoms with Crippen molar-refractivity contribution in [3.63, 3.8) is 0 Å². The molecule has 2 fully saturated rings. The molecule has 0 aliphatic carbocycles. The van der Waals surface area contributed by atoms with Gasteiger partial charge in [-0.05, 0) is 43.7 Å². The Morgan fingerprint density at radius 3 is 2.70 bits per heavy atom. The molecule has 1 atom stereocenters. The number of hydrogen-bond acceptors (Lipinski definition) is 7. The third-order valence-corrected chi connectivity index (χ3v) is 8.64. The van der Waals surface area contributed by atoms with Crippen LogP contribution in [-0.4, -0.2) is 75.2 Å². The minimum atomic E-state index is -0.364. The SMILES string of the molecule is Cc1sc2nc(CN3CCN(C(=O)C4CCCN4C(=O)c4cccs4)CC3)[nH]c(=O)c2c1C. The highest BCUT2D eigenvalue weighted by Crippen LogP contribution is 2.26. The zero-order valence-electron chi connectivity index (χ0n) is 18.8. The first-order chi connectivity index (χ1) is 15.9. The van der Waals surface area contributed by atoms with Crippen LogP contribution in [0.5, 0.6) is 0 Å². The third-order valence-electron chi connectivity index (χ3n) is 6.68. The maximum absolute atomic E-state index is 13.2. The number of fused-ring (bicyclic) bond motifs is 1. The quantitative estimate of drug-likeness (QED) is 0.614. The van der Waals surface area contributed by atoms with Crippen molar-refractivity contribution in [3.05, 3.63) is 49.0 Å². The van der Waals surface area contributed by atoms with Crippen molar-refractivity contribution in [3.8, 4) is 0 Å². The molecule has 10 heteroatoms. The number of aromatic amines is 1. The fourth-order valence-electron chi connectivity index (χ4n) is 4.73. The molecule has 174 valence electrons. The van der Waals surface area contributed by atoms with E-state index in [1.807, 2.05) is 36.3 Å². The van der Waals surface area contributed by atoms with E-state index in [-0.39, 0.29) is 23.4 Å². The van der Waals surface area contributed by atoms with Crippen LogP contribution in [0.15, 0.2) is 22.3 Å². The average molecular weight is 486 g/mol. The molecule has 0 spiro atoms. The van der Waals surface area contributed by atoms with Gasteiger partial charge in [-0.25, -0.2) is 4.98 Å². The van der Waals surface area contributed by atoms with E-state index in [4.69, 9.17) is 0 Å². The Morgan fingerprint density at radius 1 is 1.18 bits per heavy atom. The van der Waals surface area contributed by atoms with E-state index in [1.165, 1.54) is 11.3 Å². The molecule has 2 amide bonds. The molecule has 8 nitrogen and oxygen atoms in total. The molecular formula is C23H27N5O3S2. The molecular weight excluding hydrogens is 458 g/mol. The number of carbonyl (C=O) groups is 2. The van der Waals surface area contributed by atoms with Crippen LogP contribution in [0.25, 0.3) is 10.2 Å². The van der Waals surface area contributed by atoms with E-state index >= 15 is 0 Å². The van der Waals surface area contributed by atoms with Crippen LogP contribution in [0.2, 0.25) is 0 Å². The summed E-state index contributed by atoms with van der Waals surface area (Å²) < 4.78 is 0. The minimum absolute atomic E-state index is 0.0380. The van der Waals surface area contributed by atoms with Crippen LogP contribution in [0.4, 0.5) is 0 Å². The van der Waals surface area contributed by atoms with Crippen LogP contribution < -0.4 is 5.56 Å². The van der Waals surface area contributed by atoms with E-state index < -0.39 is 0 Å². The van der Waals surface area contributed by atoms with E-state index in [2.05, 4.69) is 14.9 Å². The molecule has 0 bridgehead atoms. The van der Waals surface area contributed by atoms with Crippen molar-refractivity contribution in [1.29, 1.82) is 0 Å². The van der Waals surface area contributed by atoms with Gasteiger partial charge in [0.25, 0.3) is 11.5 Å². The highest BCUT2D eigenvalue weighted by molar-refractivity contribution is 7.18. The summed E-state index contributed by atoms with van der Waals surface area (Å²) in [5.74, 6) is 0.676. The normalized spacial score (nSPS) is 19.5. The first-order valence-corrected chi connectivity index (χ1v) is 13.0. The first-order valence-electron chi connectivity index (χ1n) is 11.3. The molecule has 2 saturated heterocycles. The topological polar surface area (TPSA) is 89.6 Å². The second kappa shape index (κ2) is 9.00. The molecule has 2 aliphatic heterocycles. The molecule has 33 heavy (non-hydrogen) atoms. The van der Waals surface area contributed by atoms with Gasteiger partial charge in [0.1, 0.15) is 16.7 Å². The first kappa shape index (κ1) is 22.2. The van der Waals surface area contributed by atoms with E-state index in [1.54, 1.807) is 16.2 Å². The number of likely N-dealkylation sites (tertiary alicyclic amines) is 1. The van der Waals surface area contributed by atoms with Gasteiger partial charge in [-0.1, -0.05) is 6.07 Å². The zero-order valence-corrected chi connectivity index (χ0v) is 20.4. The van der Waals surface area contributed by atoms with Gasteiger partial charge in [-0.3, -0.25) is 19.3 Å². The molecule has 0 saturated carbocycles. The number of thiophene rings is 2. The van der Waals surface area contributed by atoms with E-state index in [9.17, 15) is 14.4 Å². The summed E-state index contributed by atoms with van der Waals surface area (Å²) in [5, 5.41) is 2.58. The molecule has 1 N–H and O–H groups in total. The Morgan fingerprint density at radius 2 is 1.97 bits per heavy atom. The van der Waals surface area contributed by atoms with Crippen molar-refractivity contribution < 1.29 is 9.59 Å². The Hall–Kier alpha value is -2.56. The van der Waals surface area contributed by atoms with Crippen molar-refractivity contribution >= 4 is 44.7 Å². The number of piperazine rings is 1. The highest BCUT2D eigenvalue weighted by Gasteiger charge is 2.38. The monoisotopic (exact) mass is 485 g/mol. The fourth-order valence-corrected chi connectivity index (χ4v) is 6.46. The van der Waals surface area contributed by atoms with Crippen LogP contribution in [-0.2, 0) is 11.3 Å². The van der Waals surface area contributed by atoms with Crippen LogP contribution >= 0.6 is 22.7 Å². The average Bonchev–Trinajstić information content (AvgIpc) is 3.55. The van der Waals surface area contributed by atoms with Crippen LogP contribution in [0, 0.1) is 13.8 Å². The van der Waals surface area contributed by atoms with Crippen molar-refractivity contribution in [2.75, 3.05) is 32.7 Å². The number of H-pyrrole nitrogens is 1. The summed E-state index contributed by atoms with van der Waals surface area (Å²) in [6, 6.07) is 3.32. The van der Waals surface area contributed by atoms with Gasteiger partial charge in [0.05, 0.1) is 16.8 Å². The molecule has 5 rings (SSSR count). The van der Waals surface area contributed by atoms with Gasteiger partial charge in [0, 0.05) is 37.6 Å². The number of nitrogens with one attached hydrogen (secondary N) is 1. The molecule has 2 aliphatic rings. The summed E-state index contributed by atoms with van der Waals surface area (Å²) in [6.45, 7) is 7.80. The number of nitrogens with zero attached hydrogens (tertiary/aromatic N) is 4. The van der Waals surface area contributed by atoms with E-state index in [0.717, 1.165) is 28.1 Å². The number of aryl methyl sites for hydroxylation is 2. The smallest absolute Gasteiger partial charge is 0.264 e. The predicted octanol–water partition coefficient (Wildman–Crippen LogP) is 2.61. The molecule has 0 radical (unpaired) electrons. The third kappa shape index (κ3) is 4.22. The van der Waals surface area contributed by atoms with Crippen LogP contribution in [0.3, 0.4) is 0 Å². The fraction of sp³-hybridized carbons (Fsp3) is 0.478. The number of aromatic nitrogens is 2. The minimum Gasteiger partial charge on any atom is -0.338 e. The van der Waals surface area contributed by atoms with Crippen molar-refractivity contribution in [1.82, 2.24) is 24.7 Å². The van der Waals surface area contributed by atoms with Gasteiger partial charge < -0.3 is 14.8 Å². The number of rotatable bonds is 4. The Labute approximate surface area is 199 Å². The predicted molar refractivity (Wildman–Crippen MR) is 130 cm³/mol. The second-order valence-corrected chi connectivity index (χ2v) is 10.9. The molecule has 3 aromatic rings. The zero-order chi connectivity index (χ0) is 23.1. The largest absolute Gasteiger partial charge is 0.338 e. The maximum Gasteiger partial charge on any atom is 0.264 e. The van der Waals surface area contributed by atoms with Crippen LogP contribution in [0.1, 0.15) is 38.8 Å². The molecule has 5 heterocycles. The molecule has 1 unspecified atom stereocenters. The van der Waals surface area contributed by atoms with Crippen molar-refractivity contribution in [2.45, 2.75) is 39.3 Å². The number of hydrogen-bond donors (Lipinski definition) is 1. The number of carbonyl (C=O) groups excluding carboxylic acids is 2. The summed E-state index contributed by atoms with van der Waals surface area (Å²) in [7, 11) is 0. The van der Waals surface area contributed by atoms with Gasteiger partial charge in [0.2, 0.25) is 5.91 Å². The summed E-state index contributed by atoms with van der Waals surface area (Å²) in [5.41, 5.74) is 0.920. The summed E-state index contributed by atoms with van der Waals surface area (Å²) in [4.78, 5) is 54.7. The van der Waals surface area contributed by atoms with Gasteiger partial charge in [-0.2, -0.15) is 0 Å². The summed E-state index contributed by atoms with van der Waals surface area (Å²) >= 11 is 2.97. The lowest BCUT2D eigenvalue weighted by molar-refractivity contribution is -0.137. The lowest BCUT2D eigenvalue weighted by Gasteiger charge is -2.37. The number of amides is 2. The lowest BCUT2D eigenvalue weighted by Crippen LogP contribution is -2.54. The maximum atomic E-state index is 13.2. The molecule has 3 aromatic heterocycles.